The summed E-state index contributed by atoms with van der Waals surface area (Å²) in [6.07, 6.45) is 2.63. The molecule has 0 bridgehead atoms. The van der Waals surface area contributed by atoms with Gasteiger partial charge < -0.3 is 10.5 Å². The van der Waals surface area contributed by atoms with Crippen LogP contribution in [-0.4, -0.2) is 18.6 Å². The van der Waals surface area contributed by atoms with Gasteiger partial charge in [-0.1, -0.05) is 6.08 Å². The van der Waals surface area contributed by atoms with Crippen LogP contribution in [0, 0.1) is 0 Å². The molecule has 0 aromatic heterocycles. The summed E-state index contributed by atoms with van der Waals surface area (Å²) in [4.78, 5) is 10.8. The minimum atomic E-state index is -0.234. The molecule has 3 nitrogen and oxygen atoms in total. The van der Waals surface area contributed by atoms with Crippen molar-refractivity contribution < 1.29 is 9.53 Å². The standard InChI is InChI=1S/C8H15NO2/c1-3-5-7(9)6-8(10)11-4-2/h3,7H,1,4-6,9H2,2H3. The van der Waals surface area contributed by atoms with Crippen molar-refractivity contribution in [3.8, 4) is 0 Å². The maximum atomic E-state index is 10.8. The first kappa shape index (κ1) is 10.2. The second kappa shape index (κ2) is 5.92. The lowest BCUT2D eigenvalue weighted by Gasteiger charge is -2.06. The Morgan fingerprint density at radius 1 is 1.82 bits per heavy atom. The topological polar surface area (TPSA) is 52.3 Å². The van der Waals surface area contributed by atoms with Crippen LogP contribution in [0.15, 0.2) is 12.7 Å². The Kier molecular flexibility index (Phi) is 5.47. The minimum absolute atomic E-state index is 0.147. The van der Waals surface area contributed by atoms with E-state index in [1.54, 1.807) is 13.0 Å². The summed E-state index contributed by atoms with van der Waals surface area (Å²) in [5, 5.41) is 0. The molecule has 0 aliphatic rings. The first-order chi connectivity index (χ1) is 5.20. The van der Waals surface area contributed by atoms with Gasteiger partial charge in [-0.3, -0.25) is 4.79 Å². The third kappa shape index (κ3) is 5.61. The molecule has 0 heterocycles. The highest BCUT2D eigenvalue weighted by Gasteiger charge is 2.07. The van der Waals surface area contributed by atoms with E-state index in [0.29, 0.717) is 13.0 Å². The zero-order chi connectivity index (χ0) is 8.69. The highest BCUT2D eigenvalue weighted by atomic mass is 16.5. The van der Waals surface area contributed by atoms with Crippen LogP contribution in [-0.2, 0) is 9.53 Å². The smallest absolute Gasteiger partial charge is 0.307 e. The average Bonchev–Trinajstić information content (AvgIpc) is 1.87. The largest absolute Gasteiger partial charge is 0.466 e. The van der Waals surface area contributed by atoms with Crippen molar-refractivity contribution >= 4 is 5.97 Å². The van der Waals surface area contributed by atoms with Gasteiger partial charge in [0.1, 0.15) is 0 Å². The molecule has 64 valence electrons. The number of carbonyl (C=O) groups is 1. The Hall–Kier alpha value is -0.830. The SMILES string of the molecule is C=CCC(N)CC(=O)OCC. The van der Waals surface area contributed by atoms with Crippen LogP contribution in [0.5, 0.6) is 0 Å². The second-order valence-corrected chi connectivity index (χ2v) is 2.29. The van der Waals surface area contributed by atoms with Crippen molar-refractivity contribution in [2.45, 2.75) is 25.8 Å². The molecule has 0 aliphatic carbocycles. The molecule has 11 heavy (non-hydrogen) atoms. The molecular formula is C8H15NO2. The first-order valence-electron chi connectivity index (χ1n) is 3.72. The maximum absolute atomic E-state index is 10.8. The molecule has 1 atom stereocenters. The van der Waals surface area contributed by atoms with Gasteiger partial charge in [-0.25, -0.2) is 0 Å². The number of nitrogens with two attached hydrogens (primary N) is 1. The Morgan fingerprint density at radius 2 is 2.45 bits per heavy atom. The number of carbonyl (C=O) groups excluding carboxylic acids is 1. The number of rotatable bonds is 5. The molecule has 0 saturated carbocycles. The van der Waals surface area contributed by atoms with Crippen molar-refractivity contribution in [1.82, 2.24) is 0 Å². The van der Waals surface area contributed by atoms with E-state index < -0.39 is 0 Å². The summed E-state index contributed by atoms with van der Waals surface area (Å²) in [5.74, 6) is -0.234. The lowest BCUT2D eigenvalue weighted by Crippen LogP contribution is -2.24. The first-order valence-corrected chi connectivity index (χ1v) is 3.72. The molecule has 2 N–H and O–H groups in total. The third-order valence-electron chi connectivity index (χ3n) is 1.20. The van der Waals surface area contributed by atoms with Crippen LogP contribution in [0.2, 0.25) is 0 Å². The summed E-state index contributed by atoms with van der Waals surface area (Å²) in [5.41, 5.74) is 5.54. The fraction of sp³-hybridized carbons (Fsp3) is 0.625. The Morgan fingerprint density at radius 3 is 2.91 bits per heavy atom. The zero-order valence-corrected chi connectivity index (χ0v) is 6.88. The van der Waals surface area contributed by atoms with E-state index in [-0.39, 0.29) is 18.4 Å². The second-order valence-electron chi connectivity index (χ2n) is 2.29. The van der Waals surface area contributed by atoms with Crippen LogP contribution < -0.4 is 5.73 Å². The highest BCUT2D eigenvalue weighted by Crippen LogP contribution is 1.96. The Bertz CT molecular complexity index is 134. The molecule has 0 rings (SSSR count). The van der Waals surface area contributed by atoms with E-state index in [0.717, 1.165) is 0 Å². The van der Waals surface area contributed by atoms with E-state index in [1.807, 2.05) is 0 Å². The van der Waals surface area contributed by atoms with Crippen LogP contribution in [0.25, 0.3) is 0 Å². The minimum Gasteiger partial charge on any atom is -0.466 e. The summed E-state index contributed by atoms with van der Waals surface area (Å²) in [6, 6.07) is -0.147. The predicted molar refractivity (Wildman–Crippen MR) is 44.0 cm³/mol. The fourth-order valence-corrected chi connectivity index (χ4v) is 0.731. The zero-order valence-electron chi connectivity index (χ0n) is 6.88. The summed E-state index contributed by atoms with van der Waals surface area (Å²) < 4.78 is 4.71. The van der Waals surface area contributed by atoms with Crippen molar-refractivity contribution in [2.75, 3.05) is 6.61 Å². The number of hydrogen-bond acceptors (Lipinski definition) is 3. The van der Waals surface area contributed by atoms with Crippen molar-refractivity contribution in [3.05, 3.63) is 12.7 Å². The highest BCUT2D eigenvalue weighted by molar-refractivity contribution is 5.70. The van der Waals surface area contributed by atoms with Crippen LogP contribution in [0.4, 0.5) is 0 Å². The van der Waals surface area contributed by atoms with Gasteiger partial charge in [0.05, 0.1) is 13.0 Å². The fourth-order valence-electron chi connectivity index (χ4n) is 0.731. The number of hydrogen-bond donors (Lipinski definition) is 1. The van der Waals surface area contributed by atoms with Crippen LogP contribution in [0.1, 0.15) is 19.8 Å². The predicted octanol–water partition coefficient (Wildman–Crippen LogP) is 0.843. The number of esters is 1. The molecule has 0 aromatic rings. The van der Waals surface area contributed by atoms with Crippen molar-refractivity contribution in [1.29, 1.82) is 0 Å². The lowest BCUT2D eigenvalue weighted by molar-refractivity contribution is -0.143. The van der Waals surface area contributed by atoms with E-state index >= 15 is 0 Å². The van der Waals surface area contributed by atoms with Gasteiger partial charge in [0.15, 0.2) is 0 Å². The molecule has 0 aliphatic heterocycles. The molecule has 0 radical (unpaired) electrons. The van der Waals surface area contributed by atoms with Gasteiger partial charge in [-0.2, -0.15) is 0 Å². The average molecular weight is 157 g/mol. The van der Waals surface area contributed by atoms with Gasteiger partial charge in [-0.15, -0.1) is 6.58 Å². The van der Waals surface area contributed by atoms with E-state index in [4.69, 9.17) is 10.5 Å². The Balaban J connectivity index is 3.48. The van der Waals surface area contributed by atoms with Gasteiger partial charge in [0, 0.05) is 6.04 Å². The van der Waals surface area contributed by atoms with Gasteiger partial charge in [0.2, 0.25) is 0 Å². The normalized spacial score (nSPS) is 12.2. The molecule has 0 saturated heterocycles. The lowest BCUT2D eigenvalue weighted by atomic mass is 10.1. The molecule has 0 fully saturated rings. The van der Waals surface area contributed by atoms with Crippen molar-refractivity contribution in [3.63, 3.8) is 0 Å². The maximum Gasteiger partial charge on any atom is 0.307 e. The van der Waals surface area contributed by atoms with Gasteiger partial charge in [-0.05, 0) is 13.3 Å². The van der Waals surface area contributed by atoms with Crippen LogP contribution in [0.3, 0.4) is 0 Å². The molecule has 0 amide bonds. The molecule has 3 heteroatoms. The molecular weight excluding hydrogens is 142 g/mol. The van der Waals surface area contributed by atoms with Gasteiger partial charge in [0.25, 0.3) is 0 Å². The van der Waals surface area contributed by atoms with Crippen molar-refractivity contribution in [2.24, 2.45) is 5.73 Å². The van der Waals surface area contributed by atoms with Crippen LogP contribution >= 0.6 is 0 Å². The van der Waals surface area contributed by atoms with E-state index in [9.17, 15) is 4.79 Å². The van der Waals surface area contributed by atoms with Gasteiger partial charge >= 0.3 is 5.97 Å². The quantitative estimate of drug-likeness (QED) is 0.475. The summed E-state index contributed by atoms with van der Waals surface area (Å²) in [6.45, 7) is 5.71. The number of ether oxygens (including phenoxy) is 1. The molecule has 1 unspecified atom stereocenters. The summed E-state index contributed by atoms with van der Waals surface area (Å²) in [7, 11) is 0. The Labute approximate surface area is 67.2 Å². The van der Waals surface area contributed by atoms with E-state index in [2.05, 4.69) is 6.58 Å². The molecule has 0 spiro atoms. The summed E-state index contributed by atoms with van der Waals surface area (Å²) >= 11 is 0. The third-order valence-corrected chi connectivity index (χ3v) is 1.20. The monoisotopic (exact) mass is 157 g/mol. The molecule has 0 aromatic carbocycles. The van der Waals surface area contributed by atoms with E-state index in [1.165, 1.54) is 0 Å².